The Kier molecular flexibility index (Phi) is 3.39. The zero-order chi connectivity index (χ0) is 10.1. The van der Waals surface area contributed by atoms with Gasteiger partial charge in [0.05, 0.1) is 0 Å². The van der Waals surface area contributed by atoms with Crippen molar-refractivity contribution in [3.63, 3.8) is 0 Å². The van der Waals surface area contributed by atoms with Crippen LogP contribution in [0, 0.1) is 17.8 Å². The van der Waals surface area contributed by atoms with Crippen molar-refractivity contribution in [2.75, 3.05) is 0 Å². The topological polar surface area (TPSA) is 26.0 Å². The molecule has 1 heteroatoms. The first-order chi connectivity index (χ1) is 5.91. The Morgan fingerprint density at radius 3 is 1.85 bits per heavy atom. The predicted octanol–water partition coefficient (Wildman–Crippen LogP) is 3.19. The maximum atomic E-state index is 6.13. The van der Waals surface area contributed by atoms with Gasteiger partial charge in [0.1, 0.15) is 0 Å². The molecule has 2 N–H and O–H groups in total. The molecular formula is C12H25N. The third-order valence-electron chi connectivity index (χ3n) is 3.77. The van der Waals surface area contributed by atoms with Crippen LogP contribution >= 0.6 is 0 Å². The summed E-state index contributed by atoms with van der Waals surface area (Å²) in [5, 5.41) is 0. The zero-order valence-corrected chi connectivity index (χ0v) is 9.64. The van der Waals surface area contributed by atoms with Crippen molar-refractivity contribution in [3.8, 4) is 0 Å². The number of rotatable bonds is 2. The van der Waals surface area contributed by atoms with Crippen LogP contribution in [0.4, 0.5) is 0 Å². The average Bonchev–Trinajstić information content (AvgIpc) is 2.03. The van der Waals surface area contributed by atoms with Crippen LogP contribution < -0.4 is 5.73 Å². The first-order valence-corrected chi connectivity index (χ1v) is 5.70. The van der Waals surface area contributed by atoms with Gasteiger partial charge < -0.3 is 5.73 Å². The maximum Gasteiger partial charge on any atom is 0.0125 e. The summed E-state index contributed by atoms with van der Waals surface area (Å²) in [6.45, 7) is 9.04. The lowest BCUT2D eigenvalue weighted by atomic mass is 9.71. The largest absolute Gasteiger partial charge is 0.325 e. The molecule has 1 saturated carbocycles. The molecule has 0 unspecified atom stereocenters. The fourth-order valence-electron chi connectivity index (χ4n) is 2.53. The second-order valence-corrected chi connectivity index (χ2v) is 5.68. The third-order valence-corrected chi connectivity index (χ3v) is 3.77. The van der Waals surface area contributed by atoms with Crippen LogP contribution in [0.15, 0.2) is 0 Å². The molecule has 0 bridgehead atoms. The van der Waals surface area contributed by atoms with E-state index in [2.05, 4.69) is 27.7 Å². The molecule has 1 aliphatic rings. The van der Waals surface area contributed by atoms with Crippen LogP contribution in [0.5, 0.6) is 0 Å². The van der Waals surface area contributed by atoms with Gasteiger partial charge in [-0.1, -0.05) is 13.8 Å². The summed E-state index contributed by atoms with van der Waals surface area (Å²) in [5.41, 5.74) is 6.18. The summed E-state index contributed by atoms with van der Waals surface area (Å²) in [4.78, 5) is 0. The minimum atomic E-state index is 0.0436. The van der Waals surface area contributed by atoms with Crippen molar-refractivity contribution >= 4 is 0 Å². The van der Waals surface area contributed by atoms with E-state index < -0.39 is 0 Å². The molecule has 78 valence electrons. The first-order valence-electron chi connectivity index (χ1n) is 5.70. The van der Waals surface area contributed by atoms with Crippen molar-refractivity contribution in [1.29, 1.82) is 0 Å². The molecule has 0 radical (unpaired) electrons. The smallest absolute Gasteiger partial charge is 0.0125 e. The average molecular weight is 183 g/mol. The Morgan fingerprint density at radius 1 is 1.08 bits per heavy atom. The molecule has 0 aromatic carbocycles. The van der Waals surface area contributed by atoms with Crippen LogP contribution in [-0.4, -0.2) is 5.54 Å². The van der Waals surface area contributed by atoms with E-state index in [1.54, 1.807) is 0 Å². The molecule has 0 spiro atoms. The minimum Gasteiger partial charge on any atom is -0.325 e. The maximum absolute atomic E-state index is 6.13. The Bertz CT molecular complexity index is 147. The molecule has 1 nitrogen and oxygen atoms in total. The standard InChI is InChI=1S/C12H25N/c1-9(2)10-5-7-11(8-6-10)12(3,4)13/h9-11H,5-8,13H2,1-4H3. The van der Waals surface area contributed by atoms with Gasteiger partial charge >= 0.3 is 0 Å². The van der Waals surface area contributed by atoms with E-state index in [1.165, 1.54) is 25.7 Å². The fraction of sp³-hybridized carbons (Fsp3) is 1.00. The second kappa shape index (κ2) is 4.00. The van der Waals surface area contributed by atoms with Crippen LogP contribution in [-0.2, 0) is 0 Å². The van der Waals surface area contributed by atoms with Crippen molar-refractivity contribution in [1.82, 2.24) is 0 Å². The van der Waals surface area contributed by atoms with Gasteiger partial charge in [0, 0.05) is 5.54 Å². The first kappa shape index (κ1) is 11.0. The number of hydrogen-bond acceptors (Lipinski definition) is 1. The highest BCUT2D eigenvalue weighted by atomic mass is 14.7. The Balaban J connectivity index is 2.39. The minimum absolute atomic E-state index is 0.0436. The van der Waals surface area contributed by atoms with E-state index in [1.807, 2.05) is 0 Å². The Labute approximate surface area is 83.1 Å². The van der Waals surface area contributed by atoms with E-state index in [-0.39, 0.29) is 5.54 Å². The van der Waals surface area contributed by atoms with Gasteiger partial charge in [0.25, 0.3) is 0 Å². The molecule has 0 atom stereocenters. The van der Waals surface area contributed by atoms with Crippen molar-refractivity contribution < 1.29 is 0 Å². The highest BCUT2D eigenvalue weighted by molar-refractivity contribution is 4.86. The lowest BCUT2D eigenvalue weighted by Crippen LogP contribution is -2.42. The van der Waals surface area contributed by atoms with E-state index in [0.717, 1.165) is 17.8 Å². The lowest BCUT2D eigenvalue weighted by molar-refractivity contribution is 0.170. The Morgan fingerprint density at radius 2 is 1.54 bits per heavy atom. The summed E-state index contributed by atoms with van der Waals surface area (Å²) in [7, 11) is 0. The van der Waals surface area contributed by atoms with Gasteiger partial charge in [-0.05, 0) is 57.3 Å². The summed E-state index contributed by atoms with van der Waals surface area (Å²) in [6.07, 6.45) is 5.46. The third kappa shape index (κ3) is 2.98. The second-order valence-electron chi connectivity index (χ2n) is 5.68. The monoisotopic (exact) mass is 183 g/mol. The van der Waals surface area contributed by atoms with Gasteiger partial charge in [-0.2, -0.15) is 0 Å². The van der Waals surface area contributed by atoms with Gasteiger partial charge in [0.15, 0.2) is 0 Å². The molecule has 0 heterocycles. The van der Waals surface area contributed by atoms with Gasteiger partial charge in [0.2, 0.25) is 0 Å². The summed E-state index contributed by atoms with van der Waals surface area (Å²) >= 11 is 0. The molecule has 0 aliphatic heterocycles. The number of nitrogens with two attached hydrogens (primary N) is 1. The molecular weight excluding hydrogens is 158 g/mol. The van der Waals surface area contributed by atoms with E-state index in [9.17, 15) is 0 Å². The van der Waals surface area contributed by atoms with Crippen LogP contribution in [0.2, 0.25) is 0 Å². The zero-order valence-electron chi connectivity index (χ0n) is 9.64. The molecule has 1 fully saturated rings. The normalized spacial score (nSPS) is 30.9. The van der Waals surface area contributed by atoms with E-state index in [0.29, 0.717) is 0 Å². The molecule has 1 rings (SSSR count). The SMILES string of the molecule is CC(C)C1CCC(C(C)(C)N)CC1. The van der Waals surface area contributed by atoms with Gasteiger partial charge in [-0.15, -0.1) is 0 Å². The molecule has 0 aromatic rings. The quantitative estimate of drug-likeness (QED) is 0.699. The van der Waals surface area contributed by atoms with Crippen LogP contribution in [0.1, 0.15) is 53.4 Å². The molecule has 13 heavy (non-hydrogen) atoms. The highest BCUT2D eigenvalue weighted by Crippen LogP contribution is 2.37. The summed E-state index contributed by atoms with van der Waals surface area (Å²) in [5.74, 6) is 2.57. The van der Waals surface area contributed by atoms with E-state index >= 15 is 0 Å². The van der Waals surface area contributed by atoms with Crippen LogP contribution in [0.25, 0.3) is 0 Å². The van der Waals surface area contributed by atoms with Crippen molar-refractivity contribution in [2.45, 2.75) is 58.9 Å². The van der Waals surface area contributed by atoms with Crippen molar-refractivity contribution in [2.24, 2.45) is 23.5 Å². The predicted molar refractivity (Wildman–Crippen MR) is 58.6 cm³/mol. The molecule has 0 saturated heterocycles. The van der Waals surface area contributed by atoms with Crippen molar-refractivity contribution in [3.05, 3.63) is 0 Å². The highest BCUT2D eigenvalue weighted by Gasteiger charge is 2.30. The van der Waals surface area contributed by atoms with Crippen LogP contribution in [0.3, 0.4) is 0 Å². The summed E-state index contributed by atoms with van der Waals surface area (Å²) in [6, 6.07) is 0. The number of hydrogen-bond donors (Lipinski definition) is 1. The van der Waals surface area contributed by atoms with Gasteiger partial charge in [-0.3, -0.25) is 0 Å². The van der Waals surface area contributed by atoms with Gasteiger partial charge in [-0.25, -0.2) is 0 Å². The lowest BCUT2D eigenvalue weighted by Gasteiger charge is -2.38. The van der Waals surface area contributed by atoms with E-state index in [4.69, 9.17) is 5.73 Å². The fourth-order valence-corrected chi connectivity index (χ4v) is 2.53. The molecule has 0 aromatic heterocycles. The molecule has 0 amide bonds. The molecule has 1 aliphatic carbocycles. The Hall–Kier alpha value is -0.0400. The summed E-state index contributed by atoms with van der Waals surface area (Å²) < 4.78 is 0.